The number of para-hydroxylation sites is 1. The summed E-state index contributed by atoms with van der Waals surface area (Å²) in [5.74, 6) is -3.20. The molecule has 3 unspecified atom stereocenters. The fourth-order valence-electron chi connectivity index (χ4n) is 7.18. The first-order valence-electron chi connectivity index (χ1n) is 14.9. The molecule has 0 aromatic heterocycles. The minimum atomic E-state index is -1.32. The standard InChI is InChI=1S/C34H38BrClN2O6/c1-4-6-10-17-43-33(42)26-27-31(40)38(23(20-39)18-22-13-8-7-9-14-22)30(34(27)19-24(35)29(26)44-34)32(41)37(16-5-2)28-21(3)12-11-15-25(28)36/h4-5,7-9,11-15,23-24,26-27,29-30,39H,1-2,6,10,16-20H2,3H3/t23-,24?,26-,27+,29-,30?,34?/m1/s1. The van der Waals surface area contributed by atoms with Gasteiger partial charge in [0.2, 0.25) is 5.91 Å². The Morgan fingerprint density at radius 2 is 1.98 bits per heavy atom. The van der Waals surface area contributed by atoms with Gasteiger partial charge in [0.1, 0.15) is 11.6 Å². The number of amides is 2. The van der Waals surface area contributed by atoms with E-state index in [0.29, 0.717) is 36.4 Å². The lowest BCUT2D eigenvalue weighted by Gasteiger charge is -2.40. The minimum absolute atomic E-state index is 0.126. The summed E-state index contributed by atoms with van der Waals surface area (Å²) in [4.78, 5) is 45.9. The number of ether oxygens (including phenoxy) is 2. The number of aliphatic hydroxyl groups excluding tert-OH is 1. The maximum Gasteiger partial charge on any atom is 0.312 e. The molecule has 5 rings (SSSR count). The lowest BCUT2D eigenvalue weighted by molar-refractivity contribution is -0.155. The van der Waals surface area contributed by atoms with E-state index in [1.807, 2.05) is 49.4 Å². The summed E-state index contributed by atoms with van der Waals surface area (Å²) in [6, 6.07) is 13.0. The number of likely N-dealkylation sites (tertiary alicyclic amines) is 1. The number of carbonyl (C=O) groups excluding carboxylic acids is 3. The number of halogens is 2. The Balaban J connectivity index is 1.61. The Labute approximate surface area is 271 Å². The van der Waals surface area contributed by atoms with E-state index in [9.17, 15) is 19.5 Å². The zero-order valence-corrected chi connectivity index (χ0v) is 27.1. The highest BCUT2D eigenvalue weighted by molar-refractivity contribution is 9.09. The van der Waals surface area contributed by atoms with Crippen LogP contribution in [-0.2, 0) is 30.3 Å². The van der Waals surface area contributed by atoms with E-state index in [-0.39, 0.29) is 18.0 Å². The molecular weight excluding hydrogens is 648 g/mol. The van der Waals surface area contributed by atoms with Crippen molar-refractivity contribution in [2.45, 2.75) is 61.2 Å². The smallest absolute Gasteiger partial charge is 0.312 e. The van der Waals surface area contributed by atoms with Crippen molar-refractivity contribution in [1.82, 2.24) is 4.90 Å². The maximum atomic E-state index is 14.9. The predicted molar refractivity (Wildman–Crippen MR) is 173 cm³/mol. The molecule has 2 bridgehead atoms. The van der Waals surface area contributed by atoms with Crippen LogP contribution in [0.2, 0.25) is 5.02 Å². The second-order valence-corrected chi connectivity index (χ2v) is 13.3. The van der Waals surface area contributed by atoms with Crippen LogP contribution in [0, 0.1) is 18.8 Å². The van der Waals surface area contributed by atoms with Gasteiger partial charge < -0.3 is 24.4 Å². The first kappa shape index (κ1) is 32.4. The van der Waals surface area contributed by atoms with Gasteiger partial charge >= 0.3 is 5.97 Å². The number of nitrogens with zero attached hydrogens (tertiary/aromatic N) is 2. The van der Waals surface area contributed by atoms with Crippen LogP contribution in [0.3, 0.4) is 0 Å². The molecular formula is C34H38BrClN2O6. The summed E-state index contributed by atoms with van der Waals surface area (Å²) in [6.45, 7) is 9.36. The molecule has 1 N–H and O–H groups in total. The number of allylic oxidation sites excluding steroid dienone is 1. The number of aryl methyl sites for hydroxylation is 1. The first-order chi connectivity index (χ1) is 21.2. The molecule has 234 valence electrons. The number of anilines is 1. The van der Waals surface area contributed by atoms with Gasteiger partial charge in [-0.15, -0.1) is 13.2 Å². The molecule has 10 heteroatoms. The molecule has 3 aliphatic rings. The van der Waals surface area contributed by atoms with Gasteiger partial charge in [-0.05, 0) is 49.8 Å². The summed E-state index contributed by atoms with van der Waals surface area (Å²) in [5, 5.41) is 11.1. The van der Waals surface area contributed by atoms with Gasteiger partial charge in [0.25, 0.3) is 5.91 Å². The van der Waals surface area contributed by atoms with Crippen molar-refractivity contribution in [2.75, 3.05) is 24.7 Å². The van der Waals surface area contributed by atoms with Crippen LogP contribution in [0.1, 0.15) is 30.4 Å². The zero-order valence-electron chi connectivity index (χ0n) is 24.7. The Kier molecular flexibility index (Phi) is 9.99. The zero-order chi connectivity index (χ0) is 31.6. The van der Waals surface area contributed by atoms with Crippen molar-refractivity contribution >= 4 is 51.0 Å². The van der Waals surface area contributed by atoms with E-state index in [0.717, 1.165) is 11.1 Å². The third-order valence-corrected chi connectivity index (χ3v) is 10.1. The third kappa shape index (κ3) is 5.64. The molecule has 44 heavy (non-hydrogen) atoms. The maximum absolute atomic E-state index is 14.9. The summed E-state index contributed by atoms with van der Waals surface area (Å²) in [5.41, 5.74) is 0.857. The largest absolute Gasteiger partial charge is 0.465 e. The first-order valence-corrected chi connectivity index (χ1v) is 16.2. The van der Waals surface area contributed by atoms with Crippen LogP contribution in [0.15, 0.2) is 73.8 Å². The molecule has 3 saturated heterocycles. The van der Waals surface area contributed by atoms with Gasteiger partial charge in [0.15, 0.2) is 0 Å². The second-order valence-electron chi connectivity index (χ2n) is 11.7. The summed E-state index contributed by atoms with van der Waals surface area (Å²) < 4.78 is 12.3. The molecule has 3 heterocycles. The summed E-state index contributed by atoms with van der Waals surface area (Å²) in [6.07, 6.45) is 4.64. The predicted octanol–water partition coefficient (Wildman–Crippen LogP) is 5.03. The van der Waals surface area contributed by atoms with Crippen molar-refractivity contribution < 1.29 is 29.0 Å². The van der Waals surface area contributed by atoms with Crippen molar-refractivity contribution in [3.63, 3.8) is 0 Å². The normalized spacial score (nSPS) is 27.6. The van der Waals surface area contributed by atoms with Crippen molar-refractivity contribution in [2.24, 2.45) is 11.8 Å². The van der Waals surface area contributed by atoms with Gasteiger partial charge in [-0.3, -0.25) is 14.4 Å². The molecule has 2 aromatic rings. The Bertz CT molecular complexity index is 1400. The Hall–Kier alpha value is -2.98. The highest BCUT2D eigenvalue weighted by atomic mass is 79.9. The number of unbranched alkanes of at least 4 members (excludes halogenated alkanes) is 1. The van der Waals surface area contributed by atoms with E-state index < -0.39 is 60.0 Å². The van der Waals surface area contributed by atoms with Crippen LogP contribution >= 0.6 is 27.5 Å². The Morgan fingerprint density at radius 3 is 2.64 bits per heavy atom. The van der Waals surface area contributed by atoms with Gasteiger partial charge in [-0.1, -0.05) is 82.1 Å². The molecule has 2 amide bonds. The molecule has 7 atom stereocenters. The van der Waals surface area contributed by atoms with E-state index >= 15 is 0 Å². The van der Waals surface area contributed by atoms with Crippen LogP contribution < -0.4 is 4.90 Å². The number of alkyl halides is 1. The molecule has 8 nitrogen and oxygen atoms in total. The van der Waals surface area contributed by atoms with Crippen molar-refractivity contribution in [1.29, 1.82) is 0 Å². The summed E-state index contributed by atoms with van der Waals surface area (Å²) >= 11 is 10.4. The van der Waals surface area contributed by atoms with Crippen LogP contribution in [0.5, 0.6) is 0 Å². The highest BCUT2D eigenvalue weighted by Gasteiger charge is 2.77. The molecule has 0 aliphatic carbocycles. The van der Waals surface area contributed by atoms with Gasteiger partial charge in [0, 0.05) is 11.4 Å². The monoisotopic (exact) mass is 684 g/mol. The fraction of sp³-hybridized carbons (Fsp3) is 0.441. The second kappa shape index (κ2) is 13.6. The minimum Gasteiger partial charge on any atom is -0.465 e. The number of hydrogen-bond acceptors (Lipinski definition) is 6. The van der Waals surface area contributed by atoms with Gasteiger partial charge in [-0.25, -0.2) is 0 Å². The average molecular weight is 686 g/mol. The molecule has 2 aromatic carbocycles. The number of benzene rings is 2. The average Bonchev–Trinajstić information content (AvgIpc) is 3.61. The molecule has 1 spiro atoms. The van der Waals surface area contributed by atoms with Crippen molar-refractivity contribution in [3.8, 4) is 0 Å². The lowest BCUT2D eigenvalue weighted by atomic mass is 9.70. The molecule has 3 fully saturated rings. The van der Waals surface area contributed by atoms with Gasteiger partial charge in [0.05, 0.1) is 47.9 Å². The van der Waals surface area contributed by atoms with Crippen LogP contribution in [0.25, 0.3) is 0 Å². The molecule has 0 saturated carbocycles. The molecule has 3 aliphatic heterocycles. The number of esters is 1. The fourth-order valence-corrected chi connectivity index (χ4v) is 8.44. The number of aliphatic hydroxyl groups is 1. The van der Waals surface area contributed by atoms with Crippen LogP contribution in [0.4, 0.5) is 5.69 Å². The van der Waals surface area contributed by atoms with Gasteiger partial charge in [-0.2, -0.15) is 0 Å². The quantitative estimate of drug-likeness (QED) is 0.138. The third-order valence-electron chi connectivity index (χ3n) is 8.98. The highest BCUT2D eigenvalue weighted by Crippen LogP contribution is 2.61. The van der Waals surface area contributed by atoms with E-state index in [1.165, 1.54) is 9.80 Å². The number of rotatable bonds is 13. The SMILES string of the molecule is C=CCCCOC(=O)[C@H]1[C@@H]2OC3(CC2Br)C(C(=O)N(CC=C)c2c(C)cccc2Cl)N([C@@H](CO)Cc2ccccc2)C(=O)[C@H]13. The number of fused-ring (bicyclic) bond motifs is 1. The van der Waals surface area contributed by atoms with Crippen molar-refractivity contribution in [3.05, 3.63) is 90.0 Å². The Morgan fingerprint density at radius 1 is 1.23 bits per heavy atom. The van der Waals surface area contributed by atoms with E-state index in [2.05, 4.69) is 29.1 Å². The van der Waals surface area contributed by atoms with E-state index in [1.54, 1.807) is 18.2 Å². The summed E-state index contributed by atoms with van der Waals surface area (Å²) in [7, 11) is 0. The van der Waals surface area contributed by atoms with E-state index in [4.69, 9.17) is 21.1 Å². The lowest BCUT2D eigenvalue weighted by Crippen LogP contribution is -2.59. The van der Waals surface area contributed by atoms with Crippen LogP contribution in [-0.4, -0.2) is 76.2 Å². The number of hydrogen-bond donors (Lipinski definition) is 1. The topological polar surface area (TPSA) is 96.4 Å². The number of carbonyl (C=O) groups is 3. The molecule has 0 radical (unpaired) electrons.